The minimum Gasteiger partial charge on any atom is -0.299 e. The number of benzene rings is 2. The number of nitrogens with one attached hydrogen (secondary N) is 3. The zero-order valence-electron chi connectivity index (χ0n) is 17.7. The number of hydrazine groups is 1. The van der Waals surface area contributed by atoms with Crippen molar-refractivity contribution in [2.24, 2.45) is 0 Å². The fourth-order valence-electron chi connectivity index (χ4n) is 3.52. The molecule has 0 spiro atoms. The number of amides is 1. The van der Waals surface area contributed by atoms with Gasteiger partial charge in [-0.1, -0.05) is 45.0 Å². The number of hydrogen-bond acceptors (Lipinski definition) is 4. The lowest BCUT2D eigenvalue weighted by molar-refractivity contribution is -0.123. The summed E-state index contributed by atoms with van der Waals surface area (Å²) in [5.41, 5.74) is 8.20. The standard InChI is InChI=1S/C23H29N3O3S/c1-22(2,3)16-4-6-17(7-5-16)23(14-15-23)21(27)25-24-18-10-12-20(13-11-18)30(28,29)26-19-8-9-19/h4-7,10-13,19,24,26H,8-9,14-15H2,1-3H3,(H,25,27). The molecular weight excluding hydrogens is 398 g/mol. The summed E-state index contributed by atoms with van der Waals surface area (Å²) in [5, 5.41) is 0. The third-order valence-corrected chi connectivity index (χ3v) is 7.41. The van der Waals surface area contributed by atoms with Crippen LogP contribution in [0.1, 0.15) is 57.6 Å². The van der Waals surface area contributed by atoms with Crippen LogP contribution in [0, 0.1) is 0 Å². The van der Waals surface area contributed by atoms with Gasteiger partial charge in [0.2, 0.25) is 15.9 Å². The van der Waals surface area contributed by atoms with E-state index in [0.717, 1.165) is 31.2 Å². The molecule has 0 unspecified atom stereocenters. The van der Waals surface area contributed by atoms with E-state index in [9.17, 15) is 13.2 Å². The Labute approximate surface area is 178 Å². The van der Waals surface area contributed by atoms with Crippen LogP contribution in [-0.4, -0.2) is 20.4 Å². The van der Waals surface area contributed by atoms with Crippen LogP contribution in [0.5, 0.6) is 0 Å². The number of rotatable bonds is 7. The smallest absolute Gasteiger partial charge is 0.248 e. The van der Waals surface area contributed by atoms with Gasteiger partial charge in [0.25, 0.3) is 0 Å². The van der Waals surface area contributed by atoms with Crippen molar-refractivity contribution in [3.63, 3.8) is 0 Å². The molecule has 30 heavy (non-hydrogen) atoms. The minimum absolute atomic E-state index is 0.0688. The van der Waals surface area contributed by atoms with Crippen LogP contribution in [-0.2, 0) is 25.6 Å². The van der Waals surface area contributed by atoms with Gasteiger partial charge in [-0.15, -0.1) is 0 Å². The number of hydrogen-bond donors (Lipinski definition) is 3. The number of carbonyl (C=O) groups excluding carboxylic acids is 1. The SMILES string of the molecule is CC(C)(C)c1ccc(C2(C(=O)NNc3ccc(S(=O)(=O)NC4CC4)cc3)CC2)cc1. The summed E-state index contributed by atoms with van der Waals surface area (Å²) >= 11 is 0. The molecule has 2 aromatic carbocycles. The molecule has 0 radical (unpaired) electrons. The molecule has 160 valence electrons. The minimum atomic E-state index is -3.47. The van der Waals surface area contributed by atoms with Crippen LogP contribution in [0.25, 0.3) is 0 Å². The molecular formula is C23H29N3O3S. The van der Waals surface area contributed by atoms with E-state index < -0.39 is 15.4 Å². The maximum Gasteiger partial charge on any atom is 0.248 e. The molecule has 1 amide bonds. The Balaban J connectivity index is 1.38. The summed E-state index contributed by atoms with van der Waals surface area (Å²) in [6, 6.07) is 14.8. The first-order valence-corrected chi connectivity index (χ1v) is 11.9. The summed E-state index contributed by atoms with van der Waals surface area (Å²) in [6.07, 6.45) is 3.43. The molecule has 2 aromatic rings. The maximum absolute atomic E-state index is 12.9. The lowest BCUT2D eigenvalue weighted by atomic mass is 9.85. The van der Waals surface area contributed by atoms with Crippen molar-refractivity contribution in [2.45, 2.75) is 68.2 Å². The van der Waals surface area contributed by atoms with E-state index >= 15 is 0 Å². The fraction of sp³-hybridized carbons (Fsp3) is 0.435. The molecule has 0 heterocycles. The van der Waals surface area contributed by atoms with E-state index in [1.165, 1.54) is 17.7 Å². The van der Waals surface area contributed by atoms with E-state index in [0.29, 0.717) is 5.69 Å². The topological polar surface area (TPSA) is 87.3 Å². The molecule has 3 N–H and O–H groups in total. The number of sulfonamides is 1. The van der Waals surface area contributed by atoms with Crippen molar-refractivity contribution in [3.05, 3.63) is 59.7 Å². The third kappa shape index (κ3) is 4.37. The van der Waals surface area contributed by atoms with Crippen LogP contribution in [0.2, 0.25) is 0 Å². The molecule has 0 aromatic heterocycles. The van der Waals surface area contributed by atoms with Crippen molar-refractivity contribution in [3.8, 4) is 0 Å². The van der Waals surface area contributed by atoms with E-state index in [2.05, 4.69) is 60.6 Å². The molecule has 2 aliphatic rings. The Kier molecular flexibility index (Phi) is 5.14. The van der Waals surface area contributed by atoms with Gasteiger partial charge in [-0.05, 0) is 66.5 Å². The van der Waals surface area contributed by atoms with Gasteiger partial charge in [0.1, 0.15) is 0 Å². The van der Waals surface area contributed by atoms with Crippen LogP contribution in [0.4, 0.5) is 5.69 Å². The van der Waals surface area contributed by atoms with Crippen molar-refractivity contribution in [1.29, 1.82) is 0 Å². The second-order valence-corrected chi connectivity index (χ2v) is 11.1. The van der Waals surface area contributed by atoms with E-state index in [1.807, 2.05) is 0 Å². The highest BCUT2D eigenvalue weighted by Gasteiger charge is 2.51. The molecule has 0 atom stereocenters. The maximum atomic E-state index is 12.9. The molecule has 2 aliphatic carbocycles. The zero-order valence-corrected chi connectivity index (χ0v) is 18.5. The van der Waals surface area contributed by atoms with Gasteiger partial charge in [0.15, 0.2) is 0 Å². The van der Waals surface area contributed by atoms with Gasteiger partial charge in [0, 0.05) is 6.04 Å². The molecule has 0 saturated heterocycles. The summed E-state index contributed by atoms with van der Waals surface area (Å²) in [7, 11) is -3.47. The Morgan fingerprint density at radius 2 is 1.57 bits per heavy atom. The third-order valence-electron chi connectivity index (χ3n) is 5.87. The second kappa shape index (κ2) is 7.39. The van der Waals surface area contributed by atoms with Crippen molar-refractivity contribution >= 4 is 21.6 Å². The highest BCUT2D eigenvalue weighted by molar-refractivity contribution is 7.89. The van der Waals surface area contributed by atoms with Crippen molar-refractivity contribution in [1.82, 2.24) is 10.1 Å². The first-order chi connectivity index (χ1) is 14.1. The lowest BCUT2D eigenvalue weighted by Crippen LogP contribution is -2.38. The van der Waals surface area contributed by atoms with E-state index in [1.54, 1.807) is 12.1 Å². The Morgan fingerprint density at radius 1 is 0.967 bits per heavy atom. The highest BCUT2D eigenvalue weighted by Crippen LogP contribution is 2.48. The summed E-state index contributed by atoms with van der Waals surface area (Å²) in [4.78, 5) is 13.1. The van der Waals surface area contributed by atoms with Gasteiger partial charge in [-0.2, -0.15) is 0 Å². The normalized spacial score (nSPS) is 18.0. The Hall–Kier alpha value is -2.38. The number of carbonyl (C=O) groups is 1. The Bertz CT molecular complexity index is 1030. The predicted molar refractivity (Wildman–Crippen MR) is 118 cm³/mol. The molecule has 0 aliphatic heterocycles. The highest BCUT2D eigenvalue weighted by atomic mass is 32.2. The monoisotopic (exact) mass is 427 g/mol. The molecule has 2 saturated carbocycles. The first-order valence-electron chi connectivity index (χ1n) is 10.4. The quantitative estimate of drug-likeness (QED) is 0.589. The van der Waals surface area contributed by atoms with Crippen molar-refractivity contribution in [2.75, 3.05) is 5.43 Å². The molecule has 2 fully saturated rings. The molecule has 6 nitrogen and oxygen atoms in total. The van der Waals surface area contributed by atoms with E-state index in [-0.39, 0.29) is 22.3 Å². The molecule has 0 bridgehead atoms. The van der Waals surface area contributed by atoms with E-state index in [4.69, 9.17) is 0 Å². The lowest BCUT2D eigenvalue weighted by Gasteiger charge is -2.21. The van der Waals surface area contributed by atoms with Gasteiger partial charge in [-0.25, -0.2) is 13.1 Å². The summed E-state index contributed by atoms with van der Waals surface area (Å²) < 4.78 is 27.1. The second-order valence-electron chi connectivity index (χ2n) is 9.41. The molecule has 4 rings (SSSR count). The Morgan fingerprint density at radius 3 is 2.07 bits per heavy atom. The average Bonchev–Trinajstić information content (AvgIpc) is 3.61. The van der Waals surface area contributed by atoms with Gasteiger partial charge < -0.3 is 0 Å². The molecule has 7 heteroatoms. The van der Waals surface area contributed by atoms with Crippen LogP contribution >= 0.6 is 0 Å². The summed E-state index contributed by atoms with van der Waals surface area (Å²) in [6.45, 7) is 6.51. The predicted octanol–water partition coefficient (Wildman–Crippen LogP) is 3.60. The van der Waals surface area contributed by atoms with Crippen LogP contribution in [0.15, 0.2) is 53.4 Å². The number of anilines is 1. The van der Waals surface area contributed by atoms with Gasteiger partial charge in [-0.3, -0.25) is 15.6 Å². The van der Waals surface area contributed by atoms with Crippen LogP contribution < -0.4 is 15.6 Å². The van der Waals surface area contributed by atoms with Crippen molar-refractivity contribution < 1.29 is 13.2 Å². The first kappa shape index (κ1) is 20.9. The fourth-order valence-corrected chi connectivity index (χ4v) is 4.82. The van der Waals surface area contributed by atoms with Gasteiger partial charge in [0.05, 0.1) is 16.0 Å². The average molecular weight is 428 g/mol. The van der Waals surface area contributed by atoms with Crippen LogP contribution in [0.3, 0.4) is 0 Å². The zero-order chi connectivity index (χ0) is 21.6. The largest absolute Gasteiger partial charge is 0.299 e. The van der Waals surface area contributed by atoms with Gasteiger partial charge >= 0.3 is 0 Å². The summed E-state index contributed by atoms with van der Waals surface area (Å²) in [5.74, 6) is -0.0712.